The van der Waals surface area contributed by atoms with Gasteiger partial charge in [0.2, 0.25) is 0 Å². The van der Waals surface area contributed by atoms with Crippen molar-refractivity contribution in [2.24, 2.45) is 0 Å². The first kappa shape index (κ1) is 12.7. The Labute approximate surface area is 104 Å². The minimum Gasteiger partial charge on any atom is -0.496 e. The lowest BCUT2D eigenvalue weighted by Gasteiger charge is -2.17. The lowest BCUT2D eigenvalue weighted by Crippen LogP contribution is -2.20. The second kappa shape index (κ2) is 4.48. The highest BCUT2D eigenvalue weighted by atomic mass is 19.1. The maximum absolute atomic E-state index is 12.8. The molecule has 0 spiro atoms. The predicted molar refractivity (Wildman–Crippen MR) is 62.9 cm³/mol. The van der Waals surface area contributed by atoms with E-state index >= 15 is 0 Å². The molecule has 0 heterocycles. The molecular formula is C13H15FO4. The highest BCUT2D eigenvalue weighted by Gasteiger charge is 2.53. The van der Waals surface area contributed by atoms with Crippen LogP contribution in [-0.2, 0) is 16.9 Å². The molecule has 0 atom stereocenters. The molecule has 1 N–H and O–H groups in total. The van der Waals surface area contributed by atoms with E-state index in [9.17, 15) is 14.3 Å². The van der Waals surface area contributed by atoms with Crippen LogP contribution in [0.1, 0.15) is 24.0 Å². The van der Waals surface area contributed by atoms with E-state index in [0.717, 1.165) is 0 Å². The van der Waals surface area contributed by atoms with Crippen molar-refractivity contribution in [3.05, 3.63) is 23.3 Å². The largest absolute Gasteiger partial charge is 0.496 e. The number of halogens is 1. The van der Waals surface area contributed by atoms with Gasteiger partial charge in [0.15, 0.2) is 0 Å². The summed E-state index contributed by atoms with van der Waals surface area (Å²) in [6.45, 7) is -0.681. The summed E-state index contributed by atoms with van der Waals surface area (Å²) in [7, 11) is 2.89. The summed E-state index contributed by atoms with van der Waals surface area (Å²) in [5.41, 5.74) is 0.0267. The molecule has 1 saturated carbocycles. The molecule has 5 heteroatoms. The van der Waals surface area contributed by atoms with Crippen LogP contribution in [0.4, 0.5) is 4.39 Å². The zero-order valence-electron chi connectivity index (χ0n) is 10.3. The molecule has 0 radical (unpaired) electrons. The van der Waals surface area contributed by atoms with E-state index in [4.69, 9.17) is 9.47 Å². The minimum absolute atomic E-state index is 0.360. The molecule has 0 unspecified atom stereocenters. The molecule has 18 heavy (non-hydrogen) atoms. The quantitative estimate of drug-likeness (QED) is 0.875. The van der Waals surface area contributed by atoms with Crippen LogP contribution in [0.3, 0.4) is 0 Å². The van der Waals surface area contributed by atoms with Crippen molar-refractivity contribution >= 4 is 5.97 Å². The fourth-order valence-corrected chi connectivity index (χ4v) is 2.16. The van der Waals surface area contributed by atoms with Crippen LogP contribution in [0.5, 0.6) is 11.5 Å². The molecule has 1 fully saturated rings. The molecule has 0 saturated heterocycles. The Balaban J connectivity index is 2.56. The van der Waals surface area contributed by atoms with Gasteiger partial charge < -0.3 is 14.6 Å². The molecule has 0 amide bonds. The Morgan fingerprint density at radius 3 is 2.33 bits per heavy atom. The number of alkyl halides is 1. The Hall–Kier alpha value is -1.78. The normalized spacial score (nSPS) is 16.2. The van der Waals surface area contributed by atoms with Crippen LogP contribution in [-0.4, -0.2) is 25.3 Å². The van der Waals surface area contributed by atoms with Crippen LogP contribution < -0.4 is 9.47 Å². The summed E-state index contributed by atoms with van der Waals surface area (Å²) in [6.07, 6.45) is 1.13. The van der Waals surface area contributed by atoms with Gasteiger partial charge in [-0.2, -0.15) is 0 Å². The molecule has 98 valence electrons. The van der Waals surface area contributed by atoms with E-state index in [1.165, 1.54) is 20.3 Å². The van der Waals surface area contributed by atoms with Gasteiger partial charge in [0.1, 0.15) is 18.2 Å². The van der Waals surface area contributed by atoms with E-state index in [0.29, 0.717) is 35.5 Å². The van der Waals surface area contributed by atoms with Crippen LogP contribution in [0.15, 0.2) is 12.1 Å². The second-order valence-electron chi connectivity index (χ2n) is 4.39. The Bertz CT molecular complexity index is 480. The fraction of sp³-hybridized carbons (Fsp3) is 0.462. The highest BCUT2D eigenvalue weighted by molar-refractivity contribution is 5.86. The van der Waals surface area contributed by atoms with Gasteiger partial charge in [-0.3, -0.25) is 4.79 Å². The third-order valence-corrected chi connectivity index (χ3v) is 3.42. The monoisotopic (exact) mass is 254 g/mol. The van der Waals surface area contributed by atoms with Crippen LogP contribution in [0.25, 0.3) is 0 Å². The van der Waals surface area contributed by atoms with E-state index in [1.54, 1.807) is 6.07 Å². The smallest absolute Gasteiger partial charge is 0.314 e. The molecule has 0 aliphatic heterocycles. The zero-order chi connectivity index (χ0) is 13.3. The number of carbonyl (C=O) groups is 1. The lowest BCUT2D eigenvalue weighted by atomic mass is 9.93. The summed E-state index contributed by atoms with van der Waals surface area (Å²) in [4.78, 5) is 11.3. The number of ether oxygens (including phenoxy) is 2. The number of rotatable bonds is 5. The van der Waals surface area contributed by atoms with Crippen LogP contribution >= 0.6 is 0 Å². The predicted octanol–water partition coefficient (Wildman–Crippen LogP) is 2.29. The third kappa shape index (κ3) is 1.79. The summed E-state index contributed by atoms with van der Waals surface area (Å²) < 4.78 is 23.1. The molecule has 0 aromatic heterocycles. The van der Waals surface area contributed by atoms with Crippen molar-refractivity contribution in [1.82, 2.24) is 0 Å². The summed E-state index contributed by atoms with van der Waals surface area (Å²) in [5.74, 6) is -0.111. The number of aliphatic carboxylic acids is 1. The van der Waals surface area contributed by atoms with Gasteiger partial charge in [-0.1, -0.05) is 0 Å². The molecule has 1 aliphatic rings. The van der Waals surface area contributed by atoms with Crippen LogP contribution in [0.2, 0.25) is 0 Å². The Morgan fingerprint density at radius 2 is 1.94 bits per heavy atom. The summed E-state index contributed by atoms with van der Waals surface area (Å²) in [5, 5.41) is 9.30. The SMILES string of the molecule is COc1cc(C2(C(=O)O)CC2)c(OC)cc1CF. The number of carboxylic acids is 1. The van der Waals surface area contributed by atoms with Gasteiger partial charge in [0.25, 0.3) is 0 Å². The Morgan fingerprint density at radius 1 is 1.33 bits per heavy atom. The van der Waals surface area contributed by atoms with Crippen molar-refractivity contribution in [1.29, 1.82) is 0 Å². The number of carboxylic acid groups (broad SMARTS) is 1. The highest BCUT2D eigenvalue weighted by Crippen LogP contribution is 2.52. The molecule has 1 aliphatic carbocycles. The van der Waals surface area contributed by atoms with Crippen molar-refractivity contribution in [2.45, 2.75) is 24.9 Å². The first-order valence-electron chi connectivity index (χ1n) is 5.64. The maximum atomic E-state index is 12.8. The van der Waals surface area contributed by atoms with Gasteiger partial charge in [0, 0.05) is 11.1 Å². The van der Waals surface area contributed by atoms with Crippen molar-refractivity contribution in [3.8, 4) is 11.5 Å². The van der Waals surface area contributed by atoms with Crippen molar-refractivity contribution < 1.29 is 23.8 Å². The summed E-state index contributed by atoms with van der Waals surface area (Å²) in [6, 6.07) is 3.09. The number of hydrogen-bond donors (Lipinski definition) is 1. The molecule has 1 aromatic carbocycles. The van der Waals surface area contributed by atoms with Gasteiger partial charge in [-0.05, 0) is 25.0 Å². The first-order valence-corrected chi connectivity index (χ1v) is 5.64. The standard InChI is InChI=1S/C13H15FO4/c1-17-10-6-9(13(3-4-13)12(15)16)11(18-2)5-8(10)7-14/h5-6H,3-4,7H2,1-2H3,(H,15,16). The average molecular weight is 254 g/mol. The average Bonchev–Trinajstić information content (AvgIpc) is 3.18. The van der Waals surface area contributed by atoms with Gasteiger partial charge >= 0.3 is 5.97 Å². The van der Waals surface area contributed by atoms with E-state index in [1.807, 2.05) is 0 Å². The van der Waals surface area contributed by atoms with Crippen molar-refractivity contribution in [3.63, 3.8) is 0 Å². The third-order valence-electron chi connectivity index (χ3n) is 3.42. The molecule has 0 bridgehead atoms. The van der Waals surface area contributed by atoms with Crippen LogP contribution in [0, 0.1) is 0 Å². The van der Waals surface area contributed by atoms with E-state index in [-0.39, 0.29) is 0 Å². The number of methoxy groups -OCH3 is 2. The van der Waals surface area contributed by atoms with Gasteiger partial charge in [-0.25, -0.2) is 4.39 Å². The van der Waals surface area contributed by atoms with Crippen molar-refractivity contribution in [2.75, 3.05) is 14.2 Å². The van der Waals surface area contributed by atoms with E-state index in [2.05, 4.69) is 0 Å². The number of benzene rings is 1. The lowest BCUT2D eigenvalue weighted by molar-refractivity contribution is -0.140. The molecule has 4 nitrogen and oxygen atoms in total. The maximum Gasteiger partial charge on any atom is 0.314 e. The Kier molecular flexibility index (Phi) is 3.15. The second-order valence-corrected chi connectivity index (χ2v) is 4.39. The fourth-order valence-electron chi connectivity index (χ4n) is 2.16. The van der Waals surface area contributed by atoms with Gasteiger partial charge in [-0.15, -0.1) is 0 Å². The number of hydrogen-bond acceptors (Lipinski definition) is 3. The molecule has 2 rings (SSSR count). The van der Waals surface area contributed by atoms with E-state index < -0.39 is 18.1 Å². The topological polar surface area (TPSA) is 55.8 Å². The summed E-state index contributed by atoms with van der Waals surface area (Å²) >= 11 is 0. The minimum atomic E-state index is -0.895. The molecular weight excluding hydrogens is 239 g/mol. The van der Waals surface area contributed by atoms with Gasteiger partial charge in [0.05, 0.1) is 19.6 Å². The first-order chi connectivity index (χ1) is 8.58. The molecule has 1 aromatic rings. The zero-order valence-corrected chi connectivity index (χ0v) is 10.3.